The van der Waals surface area contributed by atoms with E-state index in [1.165, 1.54) is 5.56 Å². The Labute approximate surface area is 169 Å². The predicted molar refractivity (Wildman–Crippen MR) is 117 cm³/mol. The largest absolute Gasteiger partial charge is 0.336 e. The molecule has 0 heterocycles. The molecule has 3 heteroatoms. The van der Waals surface area contributed by atoms with E-state index in [4.69, 9.17) is 0 Å². The first-order valence-corrected chi connectivity index (χ1v) is 10.4. The minimum absolute atomic E-state index is 0.0626. The summed E-state index contributed by atoms with van der Waals surface area (Å²) in [5.74, 6) is 0.494. The summed E-state index contributed by atoms with van der Waals surface area (Å²) in [6.07, 6.45) is 15.3. The molecule has 0 aromatic heterocycles. The van der Waals surface area contributed by atoms with Gasteiger partial charge in [0.2, 0.25) is 5.91 Å². The fraction of sp³-hybridized carbons (Fsp3) is 0.480. The summed E-state index contributed by atoms with van der Waals surface area (Å²) in [5, 5.41) is 0. The predicted octanol–water partition coefficient (Wildman–Crippen LogP) is 6.29. The number of allylic oxidation sites excluding steroid dienone is 2. The molecule has 28 heavy (non-hydrogen) atoms. The standard InChI is InChI=1S/C25H34FNO/c1-5-17-27(21(4)28)18-8-6-7-14-25(15-16-25)23-12-13-24(26)22(19-23)11-9-10-20(2)3/h5-6,8-9,11-13,19-20H,1,7,10,14-18H2,2-4H3/b8-6+,11-9-. The van der Waals surface area contributed by atoms with Gasteiger partial charge in [-0.1, -0.05) is 50.3 Å². The van der Waals surface area contributed by atoms with Crippen LogP contribution in [0.2, 0.25) is 0 Å². The van der Waals surface area contributed by atoms with E-state index in [0.29, 0.717) is 24.6 Å². The molecule has 1 saturated carbocycles. The summed E-state index contributed by atoms with van der Waals surface area (Å²) in [5.41, 5.74) is 2.14. The molecule has 1 fully saturated rings. The smallest absolute Gasteiger partial charge is 0.220 e. The second-order valence-electron chi connectivity index (χ2n) is 8.27. The van der Waals surface area contributed by atoms with Crippen molar-refractivity contribution in [3.05, 3.63) is 66.0 Å². The molecule has 0 N–H and O–H groups in total. The van der Waals surface area contributed by atoms with E-state index >= 15 is 0 Å². The van der Waals surface area contributed by atoms with Gasteiger partial charge in [0.1, 0.15) is 5.82 Å². The van der Waals surface area contributed by atoms with Crippen LogP contribution in [0.25, 0.3) is 6.08 Å². The molecule has 0 atom stereocenters. The van der Waals surface area contributed by atoms with Crippen LogP contribution in [0.15, 0.2) is 49.1 Å². The molecule has 1 aromatic rings. The summed E-state index contributed by atoms with van der Waals surface area (Å²) < 4.78 is 14.2. The average Bonchev–Trinajstić information content (AvgIpc) is 3.42. The van der Waals surface area contributed by atoms with Crippen LogP contribution in [0.5, 0.6) is 0 Å². The number of halogens is 1. The van der Waals surface area contributed by atoms with Crippen molar-refractivity contribution in [2.45, 2.75) is 58.3 Å². The molecule has 0 spiro atoms. The molecule has 152 valence electrons. The normalized spacial score (nSPS) is 15.5. The highest BCUT2D eigenvalue weighted by Gasteiger charge is 2.43. The number of carbonyl (C=O) groups is 1. The van der Waals surface area contributed by atoms with Gasteiger partial charge in [-0.25, -0.2) is 4.39 Å². The van der Waals surface area contributed by atoms with E-state index in [0.717, 1.165) is 32.1 Å². The number of nitrogens with zero attached hydrogens (tertiary/aromatic N) is 1. The second kappa shape index (κ2) is 10.4. The van der Waals surface area contributed by atoms with Crippen molar-refractivity contribution in [3.63, 3.8) is 0 Å². The first kappa shape index (κ1) is 22.1. The van der Waals surface area contributed by atoms with Crippen molar-refractivity contribution in [1.82, 2.24) is 4.90 Å². The number of carbonyl (C=O) groups excluding carboxylic acids is 1. The van der Waals surface area contributed by atoms with E-state index < -0.39 is 0 Å². The van der Waals surface area contributed by atoms with E-state index in [1.54, 1.807) is 24.0 Å². The maximum absolute atomic E-state index is 14.2. The minimum atomic E-state index is -0.147. The van der Waals surface area contributed by atoms with Crippen LogP contribution in [0.1, 0.15) is 64.0 Å². The number of rotatable bonds is 11. The third-order valence-corrected chi connectivity index (χ3v) is 5.44. The summed E-state index contributed by atoms with van der Waals surface area (Å²) in [6, 6.07) is 5.60. The van der Waals surface area contributed by atoms with Crippen molar-refractivity contribution in [1.29, 1.82) is 0 Å². The van der Waals surface area contributed by atoms with Crippen molar-refractivity contribution in [2.75, 3.05) is 13.1 Å². The zero-order valence-corrected chi connectivity index (χ0v) is 17.6. The summed E-state index contributed by atoms with van der Waals surface area (Å²) in [6.45, 7) is 10.8. The van der Waals surface area contributed by atoms with Gasteiger partial charge in [-0.05, 0) is 61.1 Å². The molecule has 1 aromatic carbocycles. The lowest BCUT2D eigenvalue weighted by atomic mass is 9.89. The Morgan fingerprint density at radius 1 is 1.25 bits per heavy atom. The van der Waals surface area contributed by atoms with Crippen molar-refractivity contribution in [2.24, 2.45) is 5.92 Å². The molecule has 1 amide bonds. The zero-order chi connectivity index (χ0) is 20.6. The van der Waals surface area contributed by atoms with Crippen LogP contribution < -0.4 is 0 Å². The molecule has 0 aliphatic heterocycles. The zero-order valence-electron chi connectivity index (χ0n) is 17.6. The van der Waals surface area contributed by atoms with Crippen molar-refractivity contribution < 1.29 is 9.18 Å². The third kappa shape index (κ3) is 6.47. The van der Waals surface area contributed by atoms with E-state index in [1.807, 2.05) is 18.2 Å². The lowest BCUT2D eigenvalue weighted by molar-refractivity contribution is -0.127. The summed E-state index contributed by atoms with van der Waals surface area (Å²) >= 11 is 0. The SMILES string of the molecule is C=CCN(C/C=C/CCC1(c2ccc(F)c(/C=C\CC(C)C)c2)CC1)C(C)=O. The van der Waals surface area contributed by atoms with Crippen LogP contribution >= 0.6 is 0 Å². The number of hydrogen-bond donors (Lipinski definition) is 0. The molecular formula is C25H34FNO. The lowest BCUT2D eigenvalue weighted by Crippen LogP contribution is -2.28. The Morgan fingerprint density at radius 2 is 2.00 bits per heavy atom. The molecule has 0 bridgehead atoms. The molecular weight excluding hydrogens is 349 g/mol. The lowest BCUT2D eigenvalue weighted by Gasteiger charge is -2.17. The highest BCUT2D eigenvalue weighted by molar-refractivity contribution is 5.73. The van der Waals surface area contributed by atoms with Gasteiger partial charge in [-0.15, -0.1) is 6.58 Å². The first-order chi connectivity index (χ1) is 13.4. The monoisotopic (exact) mass is 383 g/mol. The first-order valence-electron chi connectivity index (χ1n) is 10.4. The fourth-order valence-electron chi connectivity index (χ4n) is 3.47. The molecule has 1 aliphatic carbocycles. The van der Waals surface area contributed by atoms with E-state index in [9.17, 15) is 9.18 Å². The summed E-state index contributed by atoms with van der Waals surface area (Å²) in [4.78, 5) is 13.3. The van der Waals surface area contributed by atoms with Gasteiger partial charge in [-0.2, -0.15) is 0 Å². The van der Waals surface area contributed by atoms with Gasteiger partial charge >= 0.3 is 0 Å². The van der Waals surface area contributed by atoms with Crippen LogP contribution in [-0.2, 0) is 10.2 Å². The average molecular weight is 384 g/mol. The van der Waals surface area contributed by atoms with E-state index in [2.05, 4.69) is 38.7 Å². The van der Waals surface area contributed by atoms with Gasteiger partial charge in [0.25, 0.3) is 0 Å². The third-order valence-electron chi connectivity index (χ3n) is 5.44. The number of hydrogen-bond acceptors (Lipinski definition) is 1. The summed E-state index contributed by atoms with van der Waals surface area (Å²) in [7, 11) is 0. The molecule has 2 rings (SSSR count). The molecule has 1 aliphatic rings. The Balaban J connectivity index is 1.94. The Bertz CT molecular complexity index is 728. The van der Waals surface area contributed by atoms with Crippen LogP contribution in [-0.4, -0.2) is 23.9 Å². The minimum Gasteiger partial charge on any atom is -0.336 e. The van der Waals surface area contributed by atoms with Crippen molar-refractivity contribution >= 4 is 12.0 Å². The van der Waals surface area contributed by atoms with Crippen LogP contribution in [0, 0.1) is 11.7 Å². The Morgan fingerprint density at radius 3 is 2.61 bits per heavy atom. The maximum Gasteiger partial charge on any atom is 0.220 e. The van der Waals surface area contributed by atoms with E-state index in [-0.39, 0.29) is 17.1 Å². The van der Waals surface area contributed by atoms with Gasteiger partial charge in [0, 0.05) is 25.6 Å². The van der Waals surface area contributed by atoms with Gasteiger partial charge in [0.05, 0.1) is 0 Å². The maximum atomic E-state index is 14.2. The quantitative estimate of drug-likeness (QED) is 0.411. The van der Waals surface area contributed by atoms with Crippen LogP contribution in [0.3, 0.4) is 0 Å². The topological polar surface area (TPSA) is 20.3 Å². The molecule has 2 nitrogen and oxygen atoms in total. The van der Waals surface area contributed by atoms with Crippen molar-refractivity contribution in [3.8, 4) is 0 Å². The van der Waals surface area contributed by atoms with Gasteiger partial charge in [0.15, 0.2) is 0 Å². The Kier molecular flexibility index (Phi) is 8.22. The van der Waals surface area contributed by atoms with Crippen LogP contribution in [0.4, 0.5) is 4.39 Å². The number of amides is 1. The number of benzene rings is 1. The molecule has 0 saturated heterocycles. The second-order valence-corrected chi connectivity index (χ2v) is 8.27. The van der Waals surface area contributed by atoms with Gasteiger partial charge < -0.3 is 4.90 Å². The Hall–Kier alpha value is -2.16. The fourth-order valence-corrected chi connectivity index (χ4v) is 3.47. The molecule has 0 unspecified atom stereocenters. The highest BCUT2D eigenvalue weighted by atomic mass is 19.1. The molecule has 0 radical (unpaired) electrons. The highest BCUT2D eigenvalue weighted by Crippen LogP contribution is 2.52. The van der Waals surface area contributed by atoms with Gasteiger partial charge in [-0.3, -0.25) is 4.79 Å².